The molecule has 9 fully saturated rings. The number of esters is 1. The number of hydrazine groups is 1. The lowest BCUT2D eigenvalue weighted by Gasteiger charge is -2.58. The maximum Gasteiger partial charge on any atom is 0.325 e. The number of cyclic esters (lactones) is 1. The topological polar surface area (TPSA) is 163 Å². The minimum Gasteiger partial charge on any atom is -0.464 e. The Morgan fingerprint density at radius 3 is 2.50 bits per heavy atom. The zero-order chi connectivity index (χ0) is 44.1. The van der Waals surface area contributed by atoms with Crippen LogP contribution in [-0.4, -0.2) is 112 Å². The Morgan fingerprint density at radius 2 is 1.81 bits per heavy atom. The van der Waals surface area contributed by atoms with E-state index in [1.165, 1.54) is 0 Å². The molecule has 3 aliphatic carbocycles. The van der Waals surface area contributed by atoms with Crippen LogP contribution in [0.2, 0.25) is 0 Å². The van der Waals surface area contributed by atoms with Crippen molar-refractivity contribution in [3.63, 3.8) is 0 Å². The molecule has 4 aromatic rings. The highest BCUT2D eigenvalue weighted by atomic mass is 16.5. The molecule has 7 aliphatic heterocycles. The van der Waals surface area contributed by atoms with Gasteiger partial charge < -0.3 is 33.2 Å². The molecule has 64 heavy (non-hydrogen) atoms. The van der Waals surface area contributed by atoms with Crippen molar-refractivity contribution in [1.29, 1.82) is 0 Å². The molecule has 0 unspecified atom stereocenters. The standard InChI is InChI=1S/C49H59N7O8/c1-26(60-6)37-32(8-7-13-50-37)40-34-19-46(2,3)23-63-44(58)38-28-14-31(15-28)56(53-38)43(57)39(52-45(59)49-17-29(18-49)47(4,5)64-49)41(54-21-48(22-54)24-61-25-48)42-51-35(20-62-42)27-9-12-36(33(34)16-27)55(40)30-10-11-30/h7-9,12-13,16,20,26,28-31,38-39,41,53H,10-11,14-15,17-19,21-25H2,1-6H3,(H,52,59)/t26-,28?,29?,31?,38-,39-,41-,49?/m0/s1. The first kappa shape index (κ1) is 40.8. The summed E-state index contributed by atoms with van der Waals surface area (Å²) >= 11 is 0. The lowest BCUT2D eigenvalue weighted by Crippen LogP contribution is -2.74. The second-order valence-electron chi connectivity index (χ2n) is 21.8. The first-order chi connectivity index (χ1) is 30.7. The van der Waals surface area contributed by atoms with E-state index in [9.17, 15) is 9.59 Å². The third-order valence-corrected chi connectivity index (χ3v) is 16.1. The van der Waals surface area contributed by atoms with Crippen molar-refractivity contribution in [2.45, 2.75) is 127 Å². The lowest BCUT2D eigenvalue weighted by atomic mass is 9.69. The second kappa shape index (κ2) is 14.2. The summed E-state index contributed by atoms with van der Waals surface area (Å²) in [6.07, 6.45) is 8.52. The number of oxazole rings is 1. The quantitative estimate of drug-likeness (QED) is 0.214. The van der Waals surface area contributed by atoms with Crippen molar-refractivity contribution in [3.05, 3.63) is 59.9 Å². The molecule has 2 amide bonds. The minimum atomic E-state index is -1.11. The number of likely N-dealkylation sites (tertiary alicyclic amines) is 1. The summed E-state index contributed by atoms with van der Waals surface area (Å²) in [6.45, 7) is 13.1. The van der Waals surface area contributed by atoms with Crippen LogP contribution in [0.1, 0.15) is 108 Å². The van der Waals surface area contributed by atoms with E-state index in [2.05, 4.69) is 58.3 Å². The van der Waals surface area contributed by atoms with Crippen LogP contribution in [0.3, 0.4) is 0 Å². The van der Waals surface area contributed by atoms with Gasteiger partial charge in [-0.2, -0.15) is 0 Å². The molecular formula is C49H59N7O8. The number of hydrogen-bond donors (Lipinski definition) is 2. The normalized spacial score (nSPS) is 32.8. The van der Waals surface area contributed by atoms with E-state index in [4.69, 9.17) is 33.3 Å². The number of benzene rings is 1. The number of nitrogens with zero attached hydrogens (tertiary/aromatic N) is 5. The van der Waals surface area contributed by atoms with Gasteiger partial charge in [-0.15, -0.1) is 0 Å². The molecular weight excluding hydrogens is 815 g/mol. The zero-order valence-corrected chi connectivity index (χ0v) is 37.6. The van der Waals surface area contributed by atoms with Gasteiger partial charge in [0.2, 0.25) is 5.89 Å². The smallest absolute Gasteiger partial charge is 0.325 e. The fourth-order valence-electron chi connectivity index (χ4n) is 12.1. The molecule has 15 nitrogen and oxygen atoms in total. The summed E-state index contributed by atoms with van der Waals surface area (Å²) in [4.78, 5) is 56.6. The van der Waals surface area contributed by atoms with Crippen molar-refractivity contribution in [1.82, 2.24) is 35.2 Å². The van der Waals surface area contributed by atoms with E-state index in [0.29, 0.717) is 76.0 Å². The van der Waals surface area contributed by atoms with Gasteiger partial charge in [-0.3, -0.25) is 29.3 Å². The van der Waals surface area contributed by atoms with Crippen LogP contribution in [0.4, 0.5) is 0 Å². The lowest BCUT2D eigenvalue weighted by molar-refractivity contribution is -0.206. The summed E-state index contributed by atoms with van der Waals surface area (Å²) in [5.41, 5.74) is 8.13. The largest absolute Gasteiger partial charge is 0.464 e. The number of aromatic nitrogens is 3. The van der Waals surface area contributed by atoms with Gasteiger partial charge >= 0.3 is 5.97 Å². The van der Waals surface area contributed by atoms with Crippen molar-refractivity contribution in [2.24, 2.45) is 22.7 Å². The average molecular weight is 874 g/mol. The average Bonchev–Trinajstić information content (AvgIpc) is 3.62. The molecule has 1 spiro atoms. The van der Waals surface area contributed by atoms with Gasteiger partial charge in [0, 0.05) is 71.3 Å². The first-order valence-corrected chi connectivity index (χ1v) is 23.3. The molecule has 0 radical (unpaired) electrons. The summed E-state index contributed by atoms with van der Waals surface area (Å²) in [5.74, 6) is -0.398. The van der Waals surface area contributed by atoms with Crippen molar-refractivity contribution in [3.8, 4) is 22.5 Å². The van der Waals surface area contributed by atoms with Gasteiger partial charge in [-0.25, -0.2) is 10.4 Å². The summed E-state index contributed by atoms with van der Waals surface area (Å²) < 4.78 is 33.3. The molecule has 1 aromatic carbocycles. The van der Waals surface area contributed by atoms with Crippen LogP contribution in [0.5, 0.6) is 0 Å². The van der Waals surface area contributed by atoms with E-state index < -0.39 is 34.7 Å². The van der Waals surface area contributed by atoms with Gasteiger partial charge in [0.15, 0.2) is 0 Å². The second-order valence-corrected chi connectivity index (χ2v) is 21.8. The van der Waals surface area contributed by atoms with Crippen LogP contribution >= 0.6 is 0 Å². The molecule has 3 aromatic heterocycles. The summed E-state index contributed by atoms with van der Waals surface area (Å²) in [6, 6.07) is 8.23. The molecule has 4 atom stereocenters. The van der Waals surface area contributed by atoms with E-state index in [1.54, 1.807) is 18.4 Å². The van der Waals surface area contributed by atoms with E-state index in [-0.39, 0.29) is 53.8 Å². The Hall–Kier alpha value is -4.67. The Kier molecular flexibility index (Phi) is 9.03. The fraction of sp³-hybridized carbons (Fsp3) is 0.612. The number of carbonyl (C=O) groups excluding carboxylic acids is 3. The highest BCUT2D eigenvalue weighted by molar-refractivity contribution is 5.96. The SMILES string of the molecule is CO[C@@H](C)c1ncccc1-c1c2c3cc(ccc3n1C1CC1)-c1coc(n1)[C@@H](N1CC3(COC3)C1)[C@H](NC(=O)C13CC(C1)C(C)(C)O3)C(=O)N1N[C@H](C(=O)OCC(C)(C)C2)C2CC1C2. The number of fused-ring (bicyclic) bond motifs is 5. The highest BCUT2D eigenvalue weighted by Crippen LogP contribution is 2.58. The zero-order valence-electron chi connectivity index (χ0n) is 37.6. The molecule has 10 bridgehead atoms. The van der Waals surface area contributed by atoms with E-state index in [1.807, 2.05) is 33.0 Å². The fourth-order valence-corrected chi connectivity index (χ4v) is 12.1. The predicted molar refractivity (Wildman–Crippen MR) is 233 cm³/mol. The number of nitrogens with one attached hydrogen (secondary N) is 2. The van der Waals surface area contributed by atoms with E-state index >= 15 is 4.79 Å². The molecule has 10 aliphatic rings. The highest BCUT2D eigenvalue weighted by Gasteiger charge is 2.66. The maximum atomic E-state index is 15.4. The number of hydrogen-bond acceptors (Lipinski definition) is 12. The Morgan fingerprint density at radius 1 is 1.03 bits per heavy atom. The summed E-state index contributed by atoms with van der Waals surface area (Å²) in [7, 11) is 1.71. The number of rotatable bonds is 7. The molecule has 2 N–H and O–H groups in total. The van der Waals surface area contributed by atoms with Gasteiger partial charge in [0.1, 0.15) is 35.7 Å². The van der Waals surface area contributed by atoms with E-state index in [0.717, 1.165) is 51.8 Å². The van der Waals surface area contributed by atoms with Crippen LogP contribution in [-0.2, 0) is 39.8 Å². The van der Waals surface area contributed by atoms with Crippen LogP contribution in [0.15, 0.2) is 47.2 Å². The Balaban J connectivity index is 1.01. The van der Waals surface area contributed by atoms with Crippen LogP contribution in [0.25, 0.3) is 33.4 Å². The molecule has 3 saturated carbocycles. The van der Waals surface area contributed by atoms with Gasteiger partial charge in [-0.1, -0.05) is 19.9 Å². The molecule has 15 heteroatoms. The van der Waals surface area contributed by atoms with Gasteiger partial charge in [0.05, 0.1) is 42.9 Å². The molecule has 6 saturated heterocycles. The predicted octanol–water partition coefficient (Wildman–Crippen LogP) is 5.84. The Bertz CT molecular complexity index is 2570. The number of pyridine rings is 1. The van der Waals surface area contributed by atoms with Crippen molar-refractivity contribution >= 4 is 28.7 Å². The van der Waals surface area contributed by atoms with Gasteiger partial charge in [-0.05, 0) is 107 Å². The number of carbonyl (C=O) groups is 3. The first-order valence-electron chi connectivity index (χ1n) is 23.3. The maximum absolute atomic E-state index is 15.4. The van der Waals surface area contributed by atoms with Gasteiger partial charge in [0.25, 0.3) is 11.8 Å². The summed E-state index contributed by atoms with van der Waals surface area (Å²) in [5, 5.41) is 5.93. The Labute approximate surface area is 372 Å². The molecule has 10 heterocycles. The number of amides is 2. The third-order valence-electron chi connectivity index (χ3n) is 16.1. The van der Waals surface area contributed by atoms with Crippen LogP contribution < -0.4 is 10.7 Å². The molecule has 14 rings (SSSR count). The van der Waals surface area contributed by atoms with Crippen LogP contribution in [0, 0.1) is 22.7 Å². The molecule has 338 valence electrons. The minimum absolute atomic E-state index is 0.0201. The number of methoxy groups -OCH3 is 1. The van der Waals surface area contributed by atoms with Crippen molar-refractivity contribution in [2.75, 3.05) is 40.0 Å². The monoisotopic (exact) mass is 873 g/mol. The third kappa shape index (κ3) is 6.27. The number of ether oxygens (including phenoxy) is 4. The van der Waals surface area contributed by atoms with Crippen molar-refractivity contribution < 1.29 is 37.7 Å².